The molecule has 4 rings (SSSR count). The van der Waals surface area contributed by atoms with E-state index in [4.69, 9.17) is 0 Å². The molecular formula is C24H29N3O2. The Bertz CT molecular complexity index is 923. The molecular weight excluding hydrogens is 362 g/mol. The number of aryl methyl sites for hydroxylation is 1. The first-order chi connectivity index (χ1) is 14.0. The minimum atomic E-state index is -0.633. The highest BCUT2D eigenvalue weighted by Gasteiger charge is 2.38. The second kappa shape index (κ2) is 8.27. The van der Waals surface area contributed by atoms with Gasteiger partial charge < -0.3 is 14.8 Å². The molecule has 1 aromatic heterocycles. The molecule has 1 aliphatic heterocycles. The standard InChI is InChI=1S/C24H29N3O2/c1-17-16-27(21(28)15-18-9-5-3-6-10-18)23(22-20(17)13-14-26(22)2)24(29)25-19-11-7-4-8-12-19/h3,5-6,9-10,13-14,16,19,23H,4,7-8,11-12,15H2,1-2H3,(H,25,29). The molecule has 1 aliphatic carbocycles. The number of amides is 2. The van der Waals surface area contributed by atoms with Gasteiger partial charge in [0.15, 0.2) is 6.04 Å². The van der Waals surface area contributed by atoms with E-state index in [0.717, 1.165) is 48.1 Å². The summed E-state index contributed by atoms with van der Waals surface area (Å²) in [4.78, 5) is 28.3. The quantitative estimate of drug-likeness (QED) is 0.858. The molecule has 1 atom stereocenters. The fourth-order valence-electron chi connectivity index (χ4n) is 4.56. The average molecular weight is 392 g/mol. The van der Waals surface area contributed by atoms with E-state index in [0.29, 0.717) is 0 Å². The number of hydrogen-bond donors (Lipinski definition) is 1. The summed E-state index contributed by atoms with van der Waals surface area (Å²) in [7, 11) is 1.94. The first-order valence-electron chi connectivity index (χ1n) is 10.5. The minimum Gasteiger partial charge on any atom is -0.352 e. The lowest BCUT2D eigenvalue weighted by atomic mass is 9.93. The van der Waals surface area contributed by atoms with E-state index in [2.05, 4.69) is 5.32 Å². The number of hydrogen-bond acceptors (Lipinski definition) is 2. The molecule has 1 aromatic carbocycles. The summed E-state index contributed by atoms with van der Waals surface area (Å²) in [5, 5.41) is 3.23. The molecule has 0 radical (unpaired) electrons. The third kappa shape index (κ3) is 4.00. The van der Waals surface area contributed by atoms with E-state index in [1.165, 1.54) is 6.42 Å². The summed E-state index contributed by atoms with van der Waals surface area (Å²) in [5.41, 5.74) is 3.89. The molecule has 2 aromatic rings. The third-order valence-electron chi connectivity index (χ3n) is 6.10. The van der Waals surface area contributed by atoms with Gasteiger partial charge in [0.1, 0.15) is 0 Å². The Hall–Kier alpha value is -2.82. The SMILES string of the molecule is CC1=CN(C(=O)Cc2ccccc2)C(C(=O)NC2CCCCC2)c2c1ccn2C. The Labute approximate surface area is 172 Å². The van der Waals surface area contributed by atoms with E-state index in [1.807, 2.05) is 67.3 Å². The van der Waals surface area contributed by atoms with Crippen molar-refractivity contribution >= 4 is 17.4 Å². The Kier molecular flexibility index (Phi) is 5.56. The van der Waals surface area contributed by atoms with Crippen molar-refractivity contribution in [3.05, 3.63) is 65.6 Å². The topological polar surface area (TPSA) is 54.3 Å². The van der Waals surface area contributed by atoms with Crippen LogP contribution in [0.4, 0.5) is 0 Å². The smallest absolute Gasteiger partial charge is 0.249 e. The molecule has 2 aliphatic rings. The van der Waals surface area contributed by atoms with Crippen LogP contribution in [0.1, 0.15) is 61.9 Å². The second-order valence-corrected chi connectivity index (χ2v) is 8.25. The van der Waals surface area contributed by atoms with Gasteiger partial charge in [-0.05, 0) is 37.0 Å². The number of carbonyl (C=O) groups is 2. The van der Waals surface area contributed by atoms with Gasteiger partial charge >= 0.3 is 0 Å². The molecule has 0 spiro atoms. The van der Waals surface area contributed by atoms with Gasteiger partial charge in [0.05, 0.1) is 12.1 Å². The van der Waals surface area contributed by atoms with E-state index >= 15 is 0 Å². The molecule has 0 bridgehead atoms. The number of allylic oxidation sites excluding steroid dienone is 1. The number of fused-ring (bicyclic) bond motifs is 1. The van der Waals surface area contributed by atoms with Crippen LogP contribution in [0.25, 0.3) is 5.57 Å². The van der Waals surface area contributed by atoms with Gasteiger partial charge in [-0.3, -0.25) is 9.59 Å². The summed E-state index contributed by atoms with van der Waals surface area (Å²) in [6.07, 6.45) is 9.67. The van der Waals surface area contributed by atoms with Crippen LogP contribution < -0.4 is 5.32 Å². The summed E-state index contributed by atoms with van der Waals surface area (Å²) in [6.45, 7) is 2.00. The minimum absolute atomic E-state index is 0.0637. The zero-order valence-corrected chi connectivity index (χ0v) is 17.2. The Morgan fingerprint density at radius 2 is 1.79 bits per heavy atom. The number of benzene rings is 1. The monoisotopic (exact) mass is 391 g/mol. The van der Waals surface area contributed by atoms with Crippen LogP contribution in [0.3, 0.4) is 0 Å². The predicted octanol–water partition coefficient (Wildman–Crippen LogP) is 3.96. The number of rotatable bonds is 4. The van der Waals surface area contributed by atoms with Crippen molar-refractivity contribution < 1.29 is 9.59 Å². The van der Waals surface area contributed by atoms with Crippen LogP contribution in [0.15, 0.2) is 48.8 Å². The van der Waals surface area contributed by atoms with Crippen LogP contribution in [0, 0.1) is 0 Å². The summed E-state index contributed by atoms with van der Waals surface area (Å²) >= 11 is 0. The van der Waals surface area contributed by atoms with E-state index in [1.54, 1.807) is 4.90 Å². The van der Waals surface area contributed by atoms with Crippen molar-refractivity contribution in [1.82, 2.24) is 14.8 Å². The number of nitrogens with one attached hydrogen (secondary N) is 1. The Morgan fingerprint density at radius 1 is 1.07 bits per heavy atom. The predicted molar refractivity (Wildman–Crippen MR) is 114 cm³/mol. The fraction of sp³-hybridized carbons (Fsp3) is 0.417. The molecule has 29 heavy (non-hydrogen) atoms. The molecule has 1 saturated carbocycles. The lowest BCUT2D eigenvalue weighted by Gasteiger charge is -2.35. The van der Waals surface area contributed by atoms with Gasteiger partial charge in [-0.15, -0.1) is 0 Å². The molecule has 152 valence electrons. The van der Waals surface area contributed by atoms with E-state index < -0.39 is 6.04 Å². The zero-order valence-electron chi connectivity index (χ0n) is 17.2. The van der Waals surface area contributed by atoms with Crippen molar-refractivity contribution in [1.29, 1.82) is 0 Å². The maximum absolute atomic E-state index is 13.4. The van der Waals surface area contributed by atoms with Crippen LogP contribution in [-0.4, -0.2) is 27.3 Å². The average Bonchev–Trinajstić information content (AvgIpc) is 3.11. The van der Waals surface area contributed by atoms with Gasteiger partial charge in [0.25, 0.3) is 0 Å². The van der Waals surface area contributed by atoms with Crippen molar-refractivity contribution in [2.75, 3.05) is 0 Å². The van der Waals surface area contributed by atoms with Crippen LogP contribution in [0.5, 0.6) is 0 Å². The number of carbonyl (C=O) groups excluding carboxylic acids is 2. The molecule has 0 saturated heterocycles. The van der Waals surface area contributed by atoms with Gasteiger partial charge in [-0.2, -0.15) is 0 Å². The first kappa shape index (κ1) is 19.5. The maximum Gasteiger partial charge on any atom is 0.249 e. The third-order valence-corrected chi connectivity index (χ3v) is 6.10. The van der Waals surface area contributed by atoms with Crippen molar-refractivity contribution in [2.24, 2.45) is 7.05 Å². The van der Waals surface area contributed by atoms with Crippen LogP contribution >= 0.6 is 0 Å². The molecule has 2 heterocycles. The molecule has 1 unspecified atom stereocenters. The van der Waals surface area contributed by atoms with Crippen LogP contribution in [0.2, 0.25) is 0 Å². The zero-order chi connectivity index (χ0) is 20.4. The molecule has 1 N–H and O–H groups in total. The van der Waals surface area contributed by atoms with Gasteiger partial charge in [0.2, 0.25) is 11.8 Å². The van der Waals surface area contributed by atoms with Gasteiger partial charge in [-0.25, -0.2) is 0 Å². The Balaban J connectivity index is 1.64. The second-order valence-electron chi connectivity index (χ2n) is 8.25. The normalized spacial score (nSPS) is 19.4. The lowest BCUT2D eigenvalue weighted by Crippen LogP contribution is -2.47. The number of nitrogens with zero attached hydrogens (tertiary/aromatic N) is 2. The van der Waals surface area contributed by atoms with Crippen molar-refractivity contribution in [2.45, 2.75) is 57.5 Å². The maximum atomic E-state index is 13.4. The lowest BCUT2D eigenvalue weighted by molar-refractivity contribution is -0.138. The van der Waals surface area contributed by atoms with E-state index in [-0.39, 0.29) is 24.3 Å². The largest absolute Gasteiger partial charge is 0.352 e. The Morgan fingerprint density at radius 3 is 2.52 bits per heavy atom. The molecule has 1 fully saturated rings. The summed E-state index contributed by atoms with van der Waals surface area (Å²) in [5.74, 6) is -0.142. The molecule has 2 amide bonds. The van der Waals surface area contributed by atoms with Gasteiger partial charge in [0, 0.05) is 31.0 Å². The number of aromatic nitrogens is 1. The summed E-state index contributed by atoms with van der Waals surface area (Å²) in [6, 6.07) is 11.3. The highest BCUT2D eigenvalue weighted by molar-refractivity contribution is 5.93. The fourth-order valence-corrected chi connectivity index (χ4v) is 4.56. The van der Waals surface area contributed by atoms with Crippen molar-refractivity contribution in [3.63, 3.8) is 0 Å². The molecule has 5 heteroatoms. The van der Waals surface area contributed by atoms with E-state index in [9.17, 15) is 9.59 Å². The highest BCUT2D eigenvalue weighted by atomic mass is 16.2. The van der Waals surface area contributed by atoms with Gasteiger partial charge in [-0.1, -0.05) is 49.6 Å². The first-order valence-corrected chi connectivity index (χ1v) is 10.5. The van der Waals surface area contributed by atoms with Crippen LogP contribution in [-0.2, 0) is 23.1 Å². The van der Waals surface area contributed by atoms with Crippen molar-refractivity contribution in [3.8, 4) is 0 Å². The molecule has 5 nitrogen and oxygen atoms in total. The summed E-state index contributed by atoms with van der Waals surface area (Å²) < 4.78 is 1.97. The highest BCUT2D eigenvalue weighted by Crippen LogP contribution is 2.36.